The maximum atomic E-state index is 12.0. The largest absolute Gasteiger partial charge is 0.335 e. The number of nitrogens with one attached hydrogen (secondary N) is 1. The maximum absolute atomic E-state index is 12.0. The van der Waals surface area contributed by atoms with E-state index in [1.54, 1.807) is 0 Å². The summed E-state index contributed by atoms with van der Waals surface area (Å²) in [5.74, 6) is 0.152. The van der Waals surface area contributed by atoms with Gasteiger partial charge < -0.3 is 10.2 Å². The molecule has 0 bridgehead atoms. The van der Waals surface area contributed by atoms with Gasteiger partial charge in [0.2, 0.25) is 0 Å². The second-order valence-electron chi connectivity index (χ2n) is 3.71. The van der Waals surface area contributed by atoms with Gasteiger partial charge in [-0.2, -0.15) is 0 Å². The molecule has 1 saturated heterocycles. The summed E-state index contributed by atoms with van der Waals surface area (Å²) in [6, 6.07) is 4.19. The monoisotopic (exact) mass is 288 g/mol. The SMILES string of the molecule is CC1CN(C(=O)c2ccc(Br)s2)CCN1. The van der Waals surface area contributed by atoms with Crippen LogP contribution >= 0.6 is 27.3 Å². The molecule has 5 heteroatoms. The highest BCUT2D eigenvalue weighted by molar-refractivity contribution is 9.11. The number of halogens is 1. The van der Waals surface area contributed by atoms with Gasteiger partial charge in [0.15, 0.2) is 0 Å². The summed E-state index contributed by atoms with van der Waals surface area (Å²) >= 11 is 4.87. The first-order valence-electron chi connectivity index (χ1n) is 4.95. The summed E-state index contributed by atoms with van der Waals surface area (Å²) in [6.45, 7) is 4.59. The minimum atomic E-state index is 0.152. The molecule has 2 heterocycles. The van der Waals surface area contributed by atoms with Crippen LogP contribution in [0.5, 0.6) is 0 Å². The molecule has 3 nitrogen and oxygen atoms in total. The average molecular weight is 289 g/mol. The van der Waals surface area contributed by atoms with Crippen LogP contribution < -0.4 is 5.32 Å². The normalized spacial score (nSPS) is 21.7. The summed E-state index contributed by atoms with van der Waals surface area (Å²) in [4.78, 5) is 14.8. The molecule has 0 saturated carbocycles. The van der Waals surface area contributed by atoms with E-state index in [0.717, 1.165) is 28.3 Å². The summed E-state index contributed by atoms with van der Waals surface area (Å²) in [6.07, 6.45) is 0. The Bertz CT molecular complexity index is 366. The molecule has 1 aliphatic rings. The van der Waals surface area contributed by atoms with Crippen molar-refractivity contribution in [3.8, 4) is 0 Å². The van der Waals surface area contributed by atoms with E-state index in [1.165, 1.54) is 11.3 Å². The van der Waals surface area contributed by atoms with E-state index < -0.39 is 0 Å². The van der Waals surface area contributed by atoms with Gasteiger partial charge in [-0.1, -0.05) is 0 Å². The lowest BCUT2D eigenvalue weighted by Gasteiger charge is -2.31. The molecule has 15 heavy (non-hydrogen) atoms. The van der Waals surface area contributed by atoms with E-state index in [1.807, 2.05) is 17.0 Å². The van der Waals surface area contributed by atoms with Crippen molar-refractivity contribution in [3.63, 3.8) is 0 Å². The van der Waals surface area contributed by atoms with Crippen LogP contribution in [0.15, 0.2) is 15.9 Å². The van der Waals surface area contributed by atoms with Gasteiger partial charge in [0.25, 0.3) is 5.91 Å². The van der Waals surface area contributed by atoms with Gasteiger partial charge in [0.05, 0.1) is 8.66 Å². The first-order valence-corrected chi connectivity index (χ1v) is 6.56. The molecule has 1 fully saturated rings. The van der Waals surface area contributed by atoms with Crippen LogP contribution in [0.25, 0.3) is 0 Å². The lowest BCUT2D eigenvalue weighted by Crippen LogP contribution is -2.51. The van der Waals surface area contributed by atoms with Crippen LogP contribution in [0.3, 0.4) is 0 Å². The quantitative estimate of drug-likeness (QED) is 0.857. The molecule has 0 aliphatic carbocycles. The molecule has 1 aromatic heterocycles. The molecular formula is C10H13BrN2OS. The van der Waals surface area contributed by atoms with Gasteiger partial charge >= 0.3 is 0 Å². The Labute approximate surface area is 102 Å². The van der Waals surface area contributed by atoms with Gasteiger partial charge in [-0.25, -0.2) is 0 Å². The number of nitrogens with zero attached hydrogens (tertiary/aromatic N) is 1. The van der Waals surface area contributed by atoms with Crippen LogP contribution in [0.2, 0.25) is 0 Å². The molecule has 1 aliphatic heterocycles. The molecule has 1 unspecified atom stereocenters. The van der Waals surface area contributed by atoms with Crippen LogP contribution in [0, 0.1) is 0 Å². The minimum Gasteiger partial charge on any atom is -0.335 e. The molecule has 0 spiro atoms. The Kier molecular flexibility index (Phi) is 3.43. The van der Waals surface area contributed by atoms with Crippen molar-refractivity contribution >= 4 is 33.2 Å². The van der Waals surface area contributed by atoms with Crippen LogP contribution in [0.4, 0.5) is 0 Å². The number of rotatable bonds is 1. The van der Waals surface area contributed by atoms with Crippen molar-refractivity contribution < 1.29 is 4.79 Å². The number of thiophene rings is 1. The fourth-order valence-electron chi connectivity index (χ4n) is 1.70. The summed E-state index contributed by atoms with van der Waals surface area (Å²) in [7, 11) is 0. The first-order chi connectivity index (χ1) is 7.16. The Morgan fingerprint density at radius 2 is 2.47 bits per heavy atom. The lowest BCUT2D eigenvalue weighted by atomic mass is 10.2. The molecule has 1 aromatic rings. The van der Waals surface area contributed by atoms with Gasteiger partial charge in [0, 0.05) is 25.7 Å². The zero-order chi connectivity index (χ0) is 10.8. The summed E-state index contributed by atoms with van der Waals surface area (Å²) in [5, 5.41) is 3.32. The molecular weight excluding hydrogens is 276 g/mol. The topological polar surface area (TPSA) is 32.3 Å². The highest BCUT2D eigenvalue weighted by Gasteiger charge is 2.22. The number of carbonyl (C=O) groups excluding carboxylic acids is 1. The Morgan fingerprint density at radius 3 is 3.07 bits per heavy atom. The van der Waals surface area contributed by atoms with Gasteiger partial charge in [-0.3, -0.25) is 4.79 Å². The van der Waals surface area contributed by atoms with E-state index >= 15 is 0 Å². The molecule has 1 atom stereocenters. The first kappa shape index (κ1) is 11.1. The second kappa shape index (κ2) is 4.63. The molecule has 1 N–H and O–H groups in total. The van der Waals surface area contributed by atoms with Crippen molar-refractivity contribution in [1.29, 1.82) is 0 Å². The number of amides is 1. The zero-order valence-electron chi connectivity index (χ0n) is 8.50. The molecule has 0 radical (unpaired) electrons. The van der Waals surface area contributed by atoms with E-state index in [4.69, 9.17) is 0 Å². The summed E-state index contributed by atoms with van der Waals surface area (Å²) < 4.78 is 1.01. The third-order valence-electron chi connectivity index (χ3n) is 2.44. The van der Waals surface area contributed by atoms with Crippen LogP contribution in [-0.4, -0.2) is 36.5 Å². The highest BCUT2D eigenvalue weighted by Crippen LogP contribution is 2.23. The highest BCUT2D eigenvalue weighted by atomic mass is 79.9. The van der Waals surface area contributed by atoms with Crippen LogP contribution in [0.1, 0.15) is 16.6 Å². The summed E-state index contributed by atoms with van der Waals surface area (Å²) in [5.41, 5.74) is 0. The Hall–Kier alpha value is -0.390. The molecule has 2 rings (SSSR count). The average Bonchev–Trinajstić information content (AvgIpc) is 2.64. The number of carbonyl (C=O) groups is 1. The van der Waals surface area contributed by atoms with Gasteiger partial charge in [-0.15, -0.1) is 11.3 Å². The van der Waals surface area contributed by atoms with E-state index in [0.29, 0.717) is 6.04 Å². The third-order valence-corrected chi connectivity index (χ3v) is 4.05. The predicted molar refractivity (Wildman–Crippen MR) is 65.4 cm³/mol. The fourth-order valence-corrected chi connectivity index (χ4v) is 3.06. The van der Waals surface area contributed by atoms with Crippen molar-refractivity contribution in [1.82, 2.24) is 10.2 Å². The molecule has 0 aromatic carbocycles. The van der Waals surface area contributed by atoms with Crippen molar-refractivity contribution in [2.24, 2.45) is 0 Å². The fraction of sp³-hybridized carbons (Fsp3) is 0.500. The third kappa shape index (κ3) is 2.59. The zero-order valence-corrected chi connectivity index (χ0v) is 10.9. The number of hydrogen-bond acceptors (Lipinski definition) is 3. The maximum Gasteiger partial charge on any atom is 0.264 e. The van der Waals surface area contributed by atoms with Crippen molar-refractivity contribution in [3.05, 3.63) is 20.8 Å². The van der Waals surface area contributed by atoms with Crippen LogP contribution in [-0.2, 0) is 0 Å². The Balaban J connectivity index is 2.07. The smallest absolute Gasteiger partial charge is 0.264 e. The van der Waals surface area contributed by atoms with Crippen molar-refractivity contribution in [2.45, 2.75) is 13.0 Å². The van der Waals surface area contributed by atoms with Gasteiger partial charge in [0.1, 0.15) is 0 Å². The number of hydrogen-bond donors (Lipinski definition) is 1. The second-order valence-corrected chi connectivity index (χ2v) is 6.17. The Morgan fingerprint density at radius 1 is 1.67 bits per heavy atom. The van der Waals surface area contributed by atoms with E-state index in [9.17, 15) is 4.79 Å². The van der Waals surface area contributed by atoms with E-state index in [-0.39, 0.29) is 5.91 Å². The van der Waals surface area contributed by atoms with Gasteiger partial charge in [-0.05, 0) is 35.0 Å². The minimum absolute atomic E-state index is 0.152. The molecule has 82 valence electrons. The van der Waals surface area contributed by atoms with E-state index in [2.05, 4.69) is 28.2 Å². The molecule has 1 amide bonds. The predicted octanol–water partition coefficient (Wildman–Crippen LogP) is 1.94. The van der Waals surface area contributed by atoms with Crippen molar-refractivity contribution in [2.75, 3.05) is 19.6 Å². The standard InChI is InChI=1S/C10H13BrN2OS/c1-7-6-13(5-4-12-7)10(14)8-2-3-9(11)15-8/h2-3,7,12H,4-6H2,1H3. The number of piperazine rings is 1. The lowest BCUT2D eigenvalue weighted by molar-refractivity contribution is 0.0714.